The minimum Gasteiger partial charge on any atom is -0.503 e. The highest BCUT2D eigenvalue weighted by Gasteiger charge is 2.43. The van der Waals surface area contributed by atoms with E-state index in [0.29, 0.717) is 13.2 Å². The molecule has 0 radical (unpaired) electrons. The van der Waals surface area contributed by atoms with Crippen LogP contribution in [0.4, 0.5) is 0 Å². The molecular formula is C22H25NO4. The zero-order chi connectivity index (χ0) is 19.6. The van der Waals surface area contributed by atoms with E-state index in [2.05, 4.69) is 0 Å². The van der Waals surface area contributed by atoms with Gasteiger partial charge in [0.1, 0.15) is 0 Å². The Hall–Kier alpha value is -2.66. The van der Waals surface area contributed by atoms with E-state index in [1.165, 1.54) is 4.90 Å². The molecule has 0 spiro atoms. The predicted octanol–water partition coefficient (Wildman–Crippen LogP) is 3.80. The van der Waals surface area contributed by atoms with Crippen molar-refractivity contribution in [2.24, 2.45) is 5.92 Å². The van der Waals surface area contributed by atoms with Crippen LogP contribution in [0.5, 0.6) is 0 Å². The molecule has 0 saturated carbocycles. The lowest BCUT2D eigenvalue weighted by atomic mass is 9.89. The summed E-state index contributed by atoms with van der Waals surface area (Å²) >= 11 is 0. The van der Waals surface area contributed by atoms with Gasteiger partial charge in [-0.1, -0.05) is 56.3 Å². The first-order valence-electron chi connectivity index (χ1n) is 9.19. The molecule has 3 rings (SSSR count). The Morgan fingerprint density at radius 3 is 2.59 bits per heavy atom. The van der Waals surface area contributed by atoms with Crippen molar-refractivity contribution >= 4 is 22.5 Å². The molecular weight excluding hydrogens is 342 g/mol. The van der Waals surface area contributed by atoms with Crippen LogP contribution in [0.1, 0.15) is 31.9 Å². The summed E-state index contributed by atoms with van der Waals surface area (Å²) in [5.41, 5.74) is 1.04. The Bertz CT molecular complexity index is 895. The van der Waals surface area contributed by atoms with E-state index < -0.39 is 17.7 Å². The van der Waals surface area contributed by atoms with Gasteiger partial charge in [0.15, 0.2) is 11.5 Å². The molecule has 2 aromatic carbocycles. The second kappa shape index (κ2) is 7.92. The number of ether oxygens (including phenoxy) is 1. The maximum atomic E-state index is 12.9. The molecule has 5 heteroatoms. The zero-order valence-electron chi connectivity index (χ0n) is 15.9. The fourth-order valence-corrected chi connectivity index (χ4v) is 3.65. The molecule has 1 atom stereocenters. The van der Waals surface area contributed by atoms with Gasteiger partial charge in [0.05, 0.1) is 18.2 Å². The predicted molar refractivity (Wildman–Crippen MR) is 104 cm³/mol. The second-order valence-electron chi connectivity index (χ2n) is 7.25. The summed E-state index contributed by atoms with van der Waals surface area (Å²) in [6, 6.07) is 13.1. The van der Waals surface area contributed by atoms with Gasteiger partial charge in [0, 0.05) is 20.1 Å². The molecule has 0 aromatic heterocycles. The van der Waals surface area contributed by atoms with Crippen molar-refractivity contribution in [2.45, 2.75) is 26.3 Å². The highest BCUT2D eigenvalue weighted by Crippen LogP contribution is 2.41. The van der Waals surface area contributed by atoms with Crippen LogP contribution in [0.25, 0.3) is 10.8 Å². The summed E-state index contributed by atoms with van der Waals surface area (Å²) in [5.74, 6) is -1.01. The topological polar surface area (TPSA) is 66.8 Å². The molecule has 5 nitrogen and oxygen atoms in total. The van der Waals surface area contributed by atoms with Gasteiger partial charge in [-0.25, -0.2) is 0 Å². The van der Waals surface area contributed by atoms with E-state index in [1.54, 1.807) is 7.11 Å². The average Bonchev–Trinajstić information content (AvgIpc) is 2.89. The summed E-state index contributed by atoms with van der Waals surface area (Å²) in [6.07, 6.45) is 0.284. The Balaban J connectivity index is 2.15. The van der Waals surface area contributed by atoms with Gasteiger partial charge in [0.25, 0.3) is 5.91 Å². The van der Waals surface area contributed by atoms with Gasteiger partial charge in [-0.3, -0.25) is 9.59 Å². The van der Waals surface area contributed by atoms with Crippen LogP contribution >= 0.6 is 0 Å². The number of rotatable bonds is 7. The molecule has 1 aliphatic rings. The molecule has 0 fully saturated rings. The molecule has 1 unspecified atom stereocenters. The zero-order valence-corrected chi connectivity index (χ0v) is 15.9. The van der Waals surface area contributed by atoms with E-state index in [4.69, 9.17) is 4.74 Å². The molecule has 142 valence electrons. The summed E-state index contributed by atoms with van der Waals surface area (Å²) < 4.78 is 5.14. The summed E-state index contributed by atoms with van der Waals surface area (Å²) in [7, 11) is 1.56. The Kier molecular flexibility index (Phi) is 5.61. The number of ketones is 1. The van der Waals surface area contributed by atoms with E-state index in [-0.39, 0.29) is 23.7 Å². The molecule has 0 aliphatic carbocycles. The lowest BCUT2D eigenvalue weighted by molar-refractivity contribution is -0.130. The number of aliphatic hydroxyl groups is 1. The molecule has 1 heterocycles. The summed E-state index contributed by atoms with van der Waals surface area (Å²) in [4.78, 5) is 27.2. The van der Waals surface area contributed by atoms with Gasteiger partial charge >= 0.3 is 0 Å². The first-order valence-corrected chi connectivity index (χ1v) is 9.19. The number of methoxy groups -OCH3 is 1. The first kappa shape index (κ1) is 19.1. The van der Waals surface area contributed by atoms with Crippen molar-refractivity contribution in [3.63, 3.8) is 0 Å². The first-order chi connectivity index (χ1) is 13.0. The second-order valence-corrected chi connectivity index (χ2v) is 7.25. The van der Waals surface area contributed by atoms with Crippen molar-refractivity contribution < 1.29 is 19.4 Å². The number of amides is 1. The molecule has 1 N–H and O–H groups in total. The van der Waals surface area contributed by atoms with E-state index >= 15 is 0 Å². The van der Waals surface area contributed by atoms with Crippen LogP contribution in [0.2, 0.25) is 0 Å². The van der Waals surface area contributed by atoms with Crippen molar-refractivity contribution in [1.82, 2.24) is 4.90 Å². The third-order valence-corrected chi connectivity index (χ3v) is 4.85. The van der Waals surface area contributed by atoms with Gasteiger partial charge < -0.3 is 14.7 Å². The molecule has 2 aromatic rings. The Morgan fingerprint density at radius 2 is 1.89 bits per heavy atom. The Morgan fingerprint density at radius 1 is 1.19 bits per heavy atom. The molecule has 1 amide bonds. The monoisotopic (exact) mass is 367 g/mol. The lowest BCUT2D eigenvalue weighted by Crippen LogP contribution is -2.34. The molecule has 0 bridgehead atoms. The number of aliphatic hydroxyl groups excluding tert-OH is 1. The van der Waals surface area contributed by atoms with Gasteiger partial charge in [-0.2, -0.15) is 0 Å². The van der Waals surface area contributed by atoms with Gasteiger partial charge in [-0.05, 0) is 22.3 Å². The van der Waals surface area contributed by atoms with Gasteiger partial charge in [0.2, 0.25) is 0 Å². The number of hydrogen-bond acceptors (Lipinski definition) is 4. The van der Waals surface area contributed by atoms with Crippen molar-refractivity contribution in [2.75, 3.05) is 20.3 Å². The number of Topliss-reactive ketones (excluding diaryl/α,β-unsaturated/α-hetero) is 1. The SMILES string of the molecule is COCCN1C(=O)C(O)=C(C(=O)CC(C)C)C1c1cccc2ccccc12. The number of benzene rings is 2. The standard InChI is InChI=1S/C22H25NO4/c1-14(2)13-18(24)19-20(23(11-12-27-3)22(26)21(19)25)17-10-6-8-15-7-4-5-9-16(15)17/h4-10,14,20,25H,11-13H2,1-3H3. The van der Waals surface area contributed by atoms with E-state index in [1.807, 2.05) is 56.3 Å². The van der Waals surface area contributed by atoms with Crippen molar-refractivity contribution in [3.05, 3.63) is 59.4 Å². The van der Waals surface area contributed by atoms with Crippen LogP contribution in [0, 0.1) is 5.92 Å². The van der Waals surface area contributed by atoms with E-state index in [0.717, 1.165) is 16.3 Å². The minimum absolute atomic E-state index is 0.133. The third-order valence-electron chi connectivity index (χ3n) is 4.85. The molecule has 1 aliphatic heterocycles. The third kappa shape index (κ3) is 3.60. The molecule has 27 heavy (non-hydrogen) atoms. The number of fused-ring (bicyclic) bond motifs is 1. The van der Waals surface area contributed by atoms with Crippen LogP contribution in [-0.2, 0) is 14.3 Å². The fraction of sp³-hybridized carbons (Fsp3) is 0.364. The number of carbonyl (C=O) groups is 2. The van der Waals surface area contributed by atoms with Crippen LogP contribution in [-0.4, -0.2) is 42.0 Å². The number of carbonyl (C=O) groups excluding carboxylic acids is 2. The maximum Gasteiger partial charge on any atom is 0.290 e. The van der Waals surface area contributed by atoms with Crippen molar-refractivity contribution in [3.8, 4) is 0 Å². The largest absolute Gasteiger partial charge is 0.503 e. The lowest BCUT2D eigenvalue weighted by Gasteiger charge is -2.27. The average molecular weight is 367 g/mol. The van der Waals surface area contributed by atoms with Gasteiger partial charge in [-0.15, -0.1) is 0 Å². The van der Waals surface area contributed by atoms with Crippen molar-refractivity contribution in [1.29, 1.82) is 0 Å². The van der Waals surface area contributed by atoms with Crippen LogP contribution < -0.4 is 0 Å². The summed E-state index contributed by atoms with van der Waals surface area (Å²) in [6.45, 7) is 4.52. The highest BCUT2D eigenvalue weighted by atomic mass is 16.5. The molecule has 0 saturated heterocycles. The maximum absolute atomic E-state index is 12.9. The normalized spacial score (nSPS) is 17.4. The quantitative estimate of drug-likeness (QED) is 0.808. The fourth-order valence-electron chi connectivity index (χ4n) is 3.65. The summed E-state index contributed by atoms with van der Waals surface area (Å²) in [5, 5.41) is 12.5. The smallest absolute Gasteiger partial charge is 0.290 e. The van der Waals surface area contributed by atoms with Crippen LogP contribution in [0.3, 0.4) is 0 Å². The van der Waals surface area contributed by atoms with E-state index in [9.17, 15) is 14.7 Å². The number of nitrogens with zero attached hydrogens (tertiary/aromatic N) is 1. The highest BCUT2D eigenvalue weighted by molar-refractivity contribution is 6.09. The van der Waals surface area contributed by atoms with Crippen LogP contribution in [0.15, 0.2) is 53.8 Å². The Labute approximate surface area is 159 Å². The number of hydrogen-bond donors (Lipinski definition) is 1. The minimum atomic E-state index is -0.606.